The Balaban J connectivity index is 2.07. The Bertz CT molecular complexity index is 998. The zero-order valence-corrected chi connectivity index (χ0v) is 22.5. The van der Waals surface area contributed by atoms with Crippen LogP contribution in [0.5, 0.6) is 0 Å². The lowest BCUT2D eigenvalue weighted by Gasteiger charge is -2.17. The molecule has 176 valence electrons. The third-order valence-electron chi connectivity index (χ3n) is 5.13. The van der Waals surface area contributed by atoms with Gasteiger partial charge in [-0.15, -0.1) is 11.3 Å². The second-order valence-electron chi connectivity index (χ2n) is 7.17. The molecule has 0 aromatic carbocycles. The Morgan fingerprint density at radius 1 is 1.25 bits per heavy atom. The van der Waals surface area contributed by atoms with Crippen LogP contribution >= 0.6 is 39.5 Å². The first kappa shape index (κ1) is 26.3. The zero-order valence-electron chi connectivity index (χ0n) is 19.3. The van der Waals surface area contributed by atoms with Gasteiger partial charge in [0.25, 0.3) is 5.91 Å². The van der Waals surface area contributed by atoms with Crippen LogP contribution in [-0.2, 0) is 11.3 Å². The lowest BCUT2D eigenvalue weighted by Crippen LogP contribution is -2.30. The van der Waals surface area contributed by atoms with Gasteiger partial charge >= 0.3 is 5.97 Å². The van der Waals surface area contributed by atoms with E-state index in [0.29, 0.717) is 45.8 Å². The molecule has 0 radical (unpaired) electrons. The number of hydrogen-bond donors (Lipinski definition) is 2. The van der Waals surface area contributed by atoms with E-state index < -0.39 is 5.97 Å². The van der Waals surface area contributed by atoms with Gasteiger partial charge < -0.3 is 20.3 Å². The van der Waals surface area contributed by atoms with Crippen molar-refractivity contribution in [1.29, 1.82) is 0 Å². The number of nitrogens with zero attached hydrogens (tertiary/aromatic N) is 3. The summed E-state index contributed by atoms with van der Waals surface area (Å²) in [4.78, 5) is 27.5. The predicted octanol–water partition coefficient (Wildman–Crippen LogP) is 4.28. The number of ether oxygens (including phenoxy) is 1. The molecule has 0 unspecified atom stereocenters. The van der Waals surface area contributed by atoms with Gasteiger partial charge in [0.05, 0.1) is 27.7 Å². The smallest absolute Gasteiger partial charge is 0.341 e. The van der Waals surface area contributed by atoms with E-state index in [4.69, 9.17) is 17.0 Å². The third-order valence-corrected chi connectivity index (χ3v) is 7.72. The summed E-state index contributed by atoms with van der Waals surface area (Å²) in [6.07, 6.45) is 0.815. The maximum atomic E-state index is 12.9. The number of aryl methyl sites for hydroxylation is 2. The second kappa shape index (κ2) is 11.8. The Morgan fingerprint density at radius 3 is 2.44 bits per heavy atom. The molecule has 8 nitrogen and oxygen atoms in total. The van der Waals surface area contributed by atoms with Crippen molar-refractivity contribution in [1.82, 2.24) is 20.0 Å². The summed E-state index contributed by atoms with van der Waals surface area (Å²) in [5, 5.41) is 11.6. The molecule has 2 aromatic heterocycles. The molecule has 0 atom stereocenters. The van der Waals surface area contributed by atoms with Gasteiger partial charge in [-0.2, -0.15) is 5.10 Å². The second-order valence-corrected chi connectivity index (χ2v) is 9.39. The molecular weight excluding hydrogens is 514 g/mol. The van der Waals surface area contributed by atoms with Gasteiger partial charge in [0.2, 0.25) is 0 Å². The molecule has 0 fully saturated rings. The number of thiocarbonyl (C=S) groups is 1. The average molecular weight is 545 g/mol. The number of nitrogens with one attached hydrogen (secondary N) is 2. The molecule has 32 heavy (non-hydrogen) atoms. The number of halogens is 1. The predicted molar refractivity (Wildman–Crippen MR) is 136 cm³/mol. The Hall–Kier alpha value is -1.98. The molecular formula is C21H30BrN5O3S2. The Morgan fingerprint density at radius 2 is 1.91 bits per heavy atom. The van der Waals surface area contributed by atoms with Gasteiger partial charge in [-0.3, -0.25) is 9.48 Å². The maximum absolute atomic E-state index is 12.9. The SMILES string of the molecule is CCN(CC)C(=O)c1sc(NC(=S)NCCCn2nc(C)c(Br)c2C)c(C(=O)OC)c1C. The van der Waals surface area contributed by atoms with Crippen LogP contribution in [0.4, 0.5) is 5.00 Å². The number of esters is 1. The molecule has 0 bridgehead atoms. The first-order valence-corrected chi connectivity index (χ1v) is 12.4. The van der Waals surface area contributed by atoms with Crippen LogP contribution in [0.3, 0.4) is 0 Å². The number of rotatable bonds is 9. The monoisotopic (exact) mass is 543 g/mol. The first-order chi connectivity index (χ1) is 15.2. The van der Waals surface area contributed by atoms with E-state index in [2.05, 4.69) is 31.7 Å². The number of carbonyl (C=O) groups excluding carboxylic acids is 2. The van der Waals surface area contributed by atoms with E-state index in [1.54, 1.807) is 11.8 Å². The Kier molecular flexibility index (Phi) is 9.65. The molecule has 0 aliphatic rings. The number of thiophene rings is 1. The van der Waals surface area contributed by atoms with Crippen LogP contribution < -0.4 is 10.6 Å². The number of aromatic nitrogens is 2. The minimum atomic E-state index is -0.502. The van der Waals surface area contributed by atoms with E-state index >= 15 is 0 Å². The molecule has 11 heteroatoms. The average Bonchev–Trinajstić information content (AvgIpc) is 3.22. The number of methoxy groups -OCH3 is 1. The highest BCUT2D eigenvalue weighted by atomic mass is 79.9. The zero-order chi connectivity index (χ0) is 24.0. The van der Waals surface area contributed by atoms with Crippen LogP contribution in [0.15, 0.2) is 4.47 Å². The summed E-state index contributed by atoms with van der Waals surface area (Å²) < 4.78 is 7.93. The van der Waals surface area contributed by atoms with Crippen molar-refractivity contribution < 1.29 is 14.3 Å². The molecule has 0 spiro atoms. The van der Waals surface area contributed by atoms with E-state index in [1.165, 1.54) is 18.4 Å². The molecule has 1 amide bonds. The molecule has 2 heterocycles. The van der Waals surface area contributed by atoms with Crippen molar-refractivity contribution in [2.45, 2.75) is 47.6 Å². The van der Waals surface area contributed by atoms with Crippen molar-refractivity contribution in [3.05, 3.63) is 31.9 Å². The molecule has 2 aromatic rings. The van der Waals surface area contributed by atoms with Crippen molar-refractivity contribution in [2.24, 2.45) is 0 Å². The van der Waals surface area contributed by atoms with E-state index in [-0.39, 0.29) is 5.91 Å². The lowest BCUT2D eigenvalue weighted by molar-refractivity contribution is 0.0601. The van der Waals surface area contributed by atoms with E-state index in [9.17, 15) is 9.59 Å². The van der Waals surface area contributed by atoms with E-state index in [0.717, 1.165) is 28.8 Å². The topological polar surface area (TPSA) is 88.5 Å². The van der Waals surface area contributed by atoms with Gasteiger partial charge in [0.15, 0.2) is 5.11 Å². The van der Waals surface area contributed by atoms with Gasteiger partial charge in [0.1, 0.15) is 5.00 Å². The molecule has 2 rings (SSSR count). The molecule has 2 N–H and O–H groups in total. The minimum absolute atomic E-state index is 0.106. The maximum Gasteiger partial charge on any atom is 0.341 e. The summed E-state index contributed by atoms with van der Waals surface area (Å²) in [5.41, 5.74) is 2.99. The van der Waals surface area contributed by atoms with Crippen LogP contribution in [-0.4, -0.2) is 58.4 Å². The summed E-state index contributed by atoms with van der Waals surface area (Å²) in [7, 11) is 1.32. The van der Waals surface area contributed by atoms with Crippen LogP contribution in [0.2, 0.25) is 0 Å². The van der Waals surface area contributed by atoms with Gasteiger partial charge in [-0.05, 0) is 74.8 Å². The lowest BCUT2D eigenvalue weighted by atomic mass is 10.1. The fourth-order valence-electron chi connectivity index (χ4n) is 3.28. The highest BCUT2D eigenvalue weighted by Crippen LogP contribution is 2.34. The summed E-state index contributed by atoms with van der Waals surface area (Å²) in [6.45, 7) is 12.2. The number of carbonyl (C=O) groups is 2. The number of amides is 1. The van der Waals surface area contributed by atoms with E-state index in [1.807, 2.05) is 32.4 Å². The third kappa shape index (κ3) is 5.87. The van der Waals surface area contributed by atoms with Crippen molar-refractivity contribution in [3.8, 4) is 0 Å². The Labute approximate surface area is 206 Å². The molecule has 0 aliphatic heterocycles. The summed E-state index contributed by atoms with van der Waals surface area (Å²) in [6, 6.07) is 0. The normalized spacial score (nSPS) is 10.7. The van der Waals surface area contributed by atoms with Crippen LogP contribution in [0.1, 0.15) is 57.2 Å². The number of hydrogen-bond acceptors (Lipinski definition) is 6. The minimum Gasteiger partial charge on any atom is -0.465 e. The fraction of sp³-hybridized carbons (Fsp3) is 0.524. The molecule has 0 saturated heterocycles. The highest BCUT2D eigenvalue weighted by molar-refractivity contribution is 9.10. The standard InChI is InChI=1S/C21H30BrN5O3S2/c1-7-26(8-2)19(28)17-12(3)15(20(29)30-6)18(32-17)24-21(31)23-10-9-11-27-14(5)16(22)13(4)25-27/h7-11H2,1-6H3,(H2,23,24,31). The first-order valence-electron chi connectivity index (χ1n) is 10.4. The van der Waals surface area contributed by atoms with Gasteiger partial charge in [-0.1, -0.05) is 0 Å². The van der Waals surface area contributed by atoms with Crippen molar-refractivity contribution >= 4 is 61.5 Å². The van der Waals surface area contributed by atoms with Crippen LogP contribution in [0.25, 0.3) is 0 Å². The van der Waals surface area contributed by atoms with Gasteiger partial charge in [0, 0.05) is 31.9 Å². The van der Waals surface area contributed by atoms with Crippen molar-refractivity contribution in [2.75, 3.05) is 32.1 Å². The molecule has 0 aliphatic carbocycles. The fourth-order valence-corrected chi connectivity index (χ4v) is 5.00. The summed E-state index contributed by atoms with van der Waals surface area (Å²) >= 11 is 10.2. The molecule has 0 saturated carbocycles. The van der Waals surface area contributed by atoms with Crippen LogP contribution in [0, 0.1) is 20.8 Å². The largest absolute Gasteiger partial charge is 0.465 e. The number of anilines is 1. The quantitative estimate of drug-likeness (QED) is 0.277. The summed E-state index contributed by atoms with van der Waals surface area (Å²) in [5.74, 6) is -0.608. The van der Waals surface area contributed by atoms with Crippen molar-refractivity contribution in [3.63, 3.8) is 0 Å². The highest BCUT2D eigenvalue weighted by Gasteiger charge is 2.27. The van der Waals surface area contributed by atoms with Gasteiger partial charge in [-0.25, -0.2) is 4.79 Å².